The van der Waals surface area contributed by atoms with Crippen LogP contribution in [0.25, 0.3) is 0 Å². The second-order valence-electron chi connectivity index (χ2n) is 10.6. The highest BCUT2D eigenvalue weighted by molar-refractivity contribution is 5.93. The van der Waals surface area contributed by atoms with Gasteiger partial charge < -0.3 is 15.5 Å². The number of carbonyl (C=O) groups excluding carboxylic acids is 3. The summed E-state index contributed by atoms with van der Waals surface area (Å²) in [7, 11) is 1.44. The molecule has 2 atom stereocenters. The fourth-order valence-electron chi connectivity index (χ4n) is 4.89. The predicted molar refractivity (Wildman–Crippen MR) is 146 cm³/mol. The number of aryl methyl sites for hydroxylation is 2. The van der Waals surface area contributed by atoms with Gasteiger partial charge in [-0.05, 0) is 30.9 Å². The lowest BCUT2D eigenvalue weighted by Gasteiger charge is -2.28. The van der Waals surface area contributed by atoms with Gasteiger partial charge in [-0.3, -0.25) is 19.1 Å². The number of hydrogen-bond acceptors (Lipinski definition) is 6. The maximum Gasteiger partial charge on any atom is 0.282 e. The minimum atomic E-state index is -2.81. The standard InChI is InChI=1S/C28H36F2N8O3/c1-17(2)24-26-31-18(3)34-38(26)14-13-37(28(41)22-16-20(25(29)30)35-36(22)4)12-8-11-23(39)32-21(27(40)33-24)15-19-9-6-5-7-10-19/h5-7,9-10,16-17,21,24-25H,8,11-15H2,1-4H3,(H,32,39)(H,33,40)/t21-,24+/m0/s1. The minimum absolute atomic E-state index is 0.0242. The number of halogens is 2. The first-order valence-corrected chi connectivity index (χ1v) is 13.7. The second kappa shape index (κ2) is 13.0. The van der Waals surface area contributed by atoms with E-state index in [1.807, 2.05) is 44.2 Å². The fraction of sp³-hybridized carbons (Fsp3) is 0.500. The molecule has 2 N–H and O–H groups in total. The zero-order chi connectivity index (χ0) is 29.7. The van der Waals surface area contributed by atoms with Crippen LogP contribution in [0.15, 0.2) is 36.4 Å². The highest BCUT2D eigenvalue weighted by atomic mass is 19.3. The number of nitrogens with one attached hydrogen (secondary N) is 2. The van der Waals surface area contributed by atoms with Gasteiger partial charge in [0.05, 0.1) is 12.6 Å². The number of rotatable bonds is 5. The summed E-state index contributed by atoms with van der Waals surface area (Å²) in [6.07, 6.45) is -2.14. The number of aromatic nitrogens is 5. The molecule has 0 bridgehead atoms. The van der Waals surface area contributed by atoms with Crippen LogP contribution >= 0.6 is 0 Å². The van der Waals surface area contributed by atoms with Gasteiger partial charge in [-0.1, -0.05) is 44.2 Å². The minimum Gasteiger partial charge on any atom is -0.344 e. The second-order valence-corrected chi connectivity index (χ2v) is 10.6. The molecule has 1 aromatic carbocycles. The Morgan fingerprint density at radius 1 is 1.07 bits per heavy atom. The highest BCUT2D eigenvalue weighted by Gasteiger charge is 2.30. The molecule has 0 saturated heterocycles. The zero-order valence-electron chi connectivity index (χ0n) is 23.7. The molecule has 41 heavy (non-hydrogen) atoms. The Hall–Kier alpha value is -4.16. The van der Waals surface area contributed by atoms with Crippen LogP contribution in [-0.2, 0) is 29.6 Å². The Morgan fingerprint density at radius 3 is 2.46 bits per heavy atom. The van der Waals surface area contributed by atoms with Crippen LogP contribution in [0.4, 0.5) is 8.78 Å². The lowest BCUT2D eigenvalue weighted by Crippen LogP contribution is -2.50. The summed E-state index contributed by atoms with van der Waals surface area (Å²) in [6.45, 7) is 6.27. The van der Waals surface area contributed by atoms with E-state index < -0.39 is 30.1 Å². The third-order valence-corrected chi connectivity index (χ3v) is 7.03. The summed E-state index contributed by atoms with van der Waals surface area (Å²) in [5.74, 6) is -0.167. The Balaban J connectivity index is 1.66. The smallest absolute Gasteiger partial charge is 0.282 e. The maximum absolute atomic E-state index is 13.5. The van der Waals surface area contributed by atoms with Crippen LogP contribution in [0.3, 0.4) is 0 Å². The first kappa shape index (κ1) is 29.8. The molecule has 1 aliphatic rings. The largest absolute Gasteiger partial charge is 0.344 e. The van der Waals surface area contributed by atoms with Gasteiger partial charge in [-0.2, -0.15) is 10.2 Å². The number of nitrogens with zero attached hydrogens (tertiary/aromatic N) is 6. The molecule has 0 radical (unpaired) electrons. The SMILES string of the molecule is Cc1nc2n(n1)CCN(C(=O)c1cc(C(F)F)nn1C)CCCC(=O)N[C@@H](Cc1ccccc1)C(=O)N[C@@H]2C(C)C. The number of fused-ring (bicyclic) bond motifs is 1. The van der Waals surface area contributed by atoms with Gasteiger partial charge in [0.2, 0.25) is 11.8 Å². The quantitative estimate of drug-likeness (QED) is 0.486. The summed E-state index contributed by atoms with van der Waals surface area (Å²) >= 11 is 0. The lowest BCUT2D eigenvalue weighted by atomic mass is 10.0. The molecule has 0 aliphatic carbocycles. The van der Waals surface area contributed by atoms with Crippen molar-refractivity contribution in [3.8, 4) is 0 Å². The third kappa shape index (κ3) is 7.33. The third-order valence-electron chi connectivity index (χ3n) is 7.03. The number of hydrogen-bond donors (Lipinski definition) is 2. The van der Waals surface area contributed by atoms with Crippen LogP contribution < -0.4 is 10.6 Å². The Bertz CT molecular complexity index is 1370. The Kier molecular flexibility index (Phi) is 9.46. The first-order chi connectivity index (χ1) is 19.5. The van der Waals surface area contributed by atoms with E-state index >= 15 is 0 Å². The van der Waals surface area contributed by atoms with Crippen LogP contribution in [0.2, 0.25) is 0 Å². The number of benzene rings is 1. The van der Waals surface area contributed by atoms with E-state index in [0.29, 0.717) is 24.5 Å². The lowest BCUT2D eigenvalue weighted by molar-refractivity contribution is -0.129. The number of carbonyl (C=O) groups is 3. The molecule has 0 saturated carbocycles. The van der Waals surface area contributed by atoms with Crippen molar-refractivity contribution in [1.29, 1.82) is 0 Å². The van der Waals surface area contributed by atoms with Crippen molar-refractivity contribution in [3.63, 3.8) is 0 Å². The first-order valence-electron chi connectivity index (χ1n) is 13.7. The summed E-state index contributed by atoms with van der Waals surface area (Å²) < 4.78 is 29.3. The zero-order valence-corrected chi connectivity index (χ0v) is 23.7. The molecular weight excluding hydrogens is 534 g/mol. The van der Waals surface area contributed by atoms with Crippen molar-refractivity contribution in [3.05, 3.63) is 65.0 Å². The highest BCUT2D eigenvalue weighted by Crippen LogP contribution is 2.22. The molecule has 0 unspecified atom stereocenters. The normalized spacial score (nSPS) is 19.1. The maximum atomic E-state index is 13.5. The molecule has 3 amide bonds. The summed E-state index contributed by atoms with van der Waals surface area (Å²) in [5, 5.41) is 14.2. The monoisotopic (exact) mass is 570 g/mol. The van der Waals surface area contributed by atoms with E-state index in [2.05, 4.69) is 25.8 Å². The van der Waals surface area contributed by atoms with Gasteiger partial charge in [0, 0.05) is 33.0 Å². The average Bonchev–Trinajstić information content (AvgIpc) is 3.50. The van der Waals surface area contributed by atoms with E-state index in [1.54, 1.807) is 11.6 Å². The van der Waals surface area contributed by atoms with E-state index in [-0.39, 0.29) is 49.5 Å². The Labute approximate surface area is 237 Å². The van der Waals surface area contributed by atoms with Crippen molar-refractivity contribution < 1.29 is 23.2 Å². The molecule has 3 aromatic rings. The summed E-state index contributed by atoms with van der Waals surface area (Å²) in [6, 6.07) is 9.17. The molecule has 1 aliphatic heterocycles. The molecule has 4 rings (SSSR count). The average molecular weight is 571 g/mol. The van der Waals surface area contributed by atoms with Gasteiger partial charge >= 0.3 is 0 Å². The topological polar surface area (TPSA) is 127 Å². The van der Waals surface area contributed by atoms with Crippen LogP contribution in [-0.4, -0.2) is 66.3 Å². The van der Waals surface area contributed by atoms with Crippen molar-refractivity contribution in [2.24, 2.45) is 13.0 Å². The summed E-state index contributed by atoms with van der Waals surface area (Å²) in [5.41, 5.74) is 0.438. The molecule has 0 fully saturated rings. The van der Waals surface area contributed by atoms with E-state index in [0.717, 1.165) is 16.3 Å². The van der Waals surface area contributed by atoms with Gasteiger partial charge in [-0.25, -0.2) is 18.4 Å². The summed E-state index contributed by atoms with van der Waals surface area (Å²) in [4.78, 5) is 46.1. The molecule has 0 spiro atoms. The van der Waals surface area contributed by atoms with E-state index in [9.17, 15) is 23.2 Å². The van der Waals surface area contributed by atoms with Gasteiger partial charge in [0.15, 0.2) is 0 Å². The molecular formula is C28H36F2N8O3. The van der Waals surface area contributed by atoms with Crippen LogP contribution in [0.1, 0.15) is 72.6 Å². The predicted octanol–water partition coefficient (Wildman–Crippen LogP) is 2.73. The molecule has 11 nitrogen and oxygen atoms in total. The number of amides is 3. The van der Waals surface area contributed by atoms with Crippen molar-refractivity contribution in [1.82, 2.24) is 40.1 Å². The van der Waals surface area contributed by atoms with E-state index in [1.165, 1.54) is 11.9 Å². The van der Waals surface area contributed by atoms with Gasteiger partial charge in [0.25, 0.3) is 12.3 Å². The molecule has 3 heterocycles. The van der Waals surface area contributed by atoms with Crippen molar-refractivity contribution in [2.45, 2.75) is 65.1 Å². The van der Waals surface area contributed by atoms with Crippen LogP contribution in [0, 0.1) is 12.8 Å². The number of alkyl halides is 2. The fourth-order valence-corrected chi connectivity index (χ4v) is 4.89. The molecule has 220 valence electrons. The van der Waals surface area contributed by atoms with Gasteiger partial charge in [0.1, 0.15) is 29.1 Å². The van der Waals surface area contributed by atoms with Crippen molar-refractivity contribution >= 4 is 17.7 Å². The van der Waals surface area contributed by atoms with Crippen LogP contribution in [0.5, 0.6) is 0 Å². The Morgan fingerprint density at radius 2 is 1.80 bits per heavy atom. The van der Waals surface area contributed by atoms with Crippen molar-refractivity contribution in [2.75, 3.05) is 13.1 Å². The van der Waals surface area contributed by atoms with E-state index in [4.69, 9.17) is 0 Å². The molecule has 2 aromatic heterocycles. The molecule has 13 heteroatoms. The van der Waals surface area contributed by atoms with Gasteiger partial charge in [-0.15, -0.1) is 0 Å².